The third kappa shape index (κ3) is 4.14. The molecule has 1 aliphatic rings. The number of carbonyl (C=O) groups is 2. The number of amides is 2. The van der Waals surface area contributed by atoms with Gasteiger partial charge in [0.25, 0.3) is 11.8 Å². The van der Waals surface area contributed by atoms with Gasteiger partial charge in [0.15, 0.2) is 0 Å². The average Bonchev–Trinajstić information content (AvgIpc) is 3.13. The molecule has 29 heavy (non-hydrogen) atoms. The van der Waals surface area contributed by atoms with Crippen molar-refractivity contribution in [2.75, 3.05) is 6.54 Å². The van der Waals surface area contributed by atoms with Crippen LogP contribution in [-0.4, -0.2) is 23.3 Å². The maximum Gasteiger partial charge on any atom is 0.271 e. The fraction of sp³-hybridized carbons (Fsp3) is 0.227. The zero-order valence-corrected chi connectivity index (χ0v) is 17.6. The molecule has 0 radical (unpaired) electrons. The molecule has 1 aromatic heterocycles. The van der Waals surface area contributed by atoms with Crippen LogP contribution in [0.3, 0.4) is 0 Å². The fourth-order valence-electron chi connectivity index (χ4n) is 3.04. The molecule has 0 fully saturated rings. The van der Waals surface area contributed by atoms with Crippen LogP contribution < -0.4 is 0 Å². The number of rotatable bonds is 4. The molecule has 0 saturated carbocycles. The molecule has 0 unspecified atom stereocenters. The molecule has 0 N–H and O–H groups in total. The second-order valence-electron chi connectivity index (χ2n) is 7.12. The Kier molecular flexibility index (Phi) is 5.97. The molecular weight excluding hydrogens is 411 g/mol. The van der Waals surface area contributed by atoms with E-state index < -0.39 is 11.8 Å². The van der Waals surface area contributed by atoms with E-state index in [0.29, 0.717) is 27.1 Å². The Morgan fingerprint density at radius 3 is 2.48 bits per heavy atom. The zero-order chi connectivity index (χ0) is 21.3. The fourth-order valence-corrected chi connectivity index (χ4v) is 3.34. The molecular formula is C22H18Cl2N2O3. The van der Waals surface area contributed by atoms with Crippen LogP contribution in [0.25, 0.3) is 17.4 Å². The van der Waals surface area contributed by atoms with Crippen LogP contribution in [0.15, 0.2) is 51.5 Å². The average molecular weight is 429 g/mol. The summed E-state index contributed by atoms with van der Waals surface area (Å²) in [6, 6.07) is 10.5. The predicted octanol–water partition coefficient (Wildman–Crippen LogP) is 5.50. The molecule has 5 nitrogen and oxygen atoms in total. The van der Waals surface area contributed by atoms with E-state index in [1.807, 2.05) is 19.9 Å². The molecule has 2 aromatic rings. The van der Waals surface area contributed by atoms with Crippen molar-refractivity contribution >= 4 is 41.1 Å². The number of benzene rings is 1. The first-order valence-corrected chi connectivity index (χ1v) is 9.73. The second kappa shape index (κ2) is 8.28. The zero-order valence-electron chi connectivity index (χ0n) is 16.1. The molecule has 0 aliphatic carbocycles. The lowest BCUT2D eigenvalue weighted by Gasteiger charge is -2.28. The van der Waals surface area contributed by atoms with E-state index in [4.69, 9.17) is 27.6 Å². The lowest BCUT2D eigenvalue weighted by molar-refractivity contribution is -0.141. The number of imide groups is 1. The Morgan fingerprint density at radius 1 is 1.14 bits per heavy atom. The maximum atomic E-state index is 12.9. The first-order chi connectivity index (χ1) is 13.7. The van der Waals surface area contributed by atoms with E-state index >= 15 is 0 Å². The van der Waals surface area contributed by atoms with Crippen LogP contribution in [0, 0.1) is 17.2 Å². The van der Waals surface area contributed by atoms with Crippen molar-refractivity contribution in [2.45, 2.75) is 20.8 Å². The van der Waals surface area contributed by atoms with Crippen molar-refractivity contribution in [3.63, 3.8) is 0 Å². The van der Waals surface area contributed by atoms with E-state index in [1.165, 1.54) is 0 Å². The summed E-state index contributed by atoms with van der Waals surface area (Å²) in [7, 11) is 0. The summed E-state index contributed by atoms with van der Waals surface area (Å²) in [6.07, 6.45) is 1.55. The van der Waals surface area contributed by atoms with Crippen molar-refractivity contribution in [1.82, 2.24) is 4.90 Å². The summed E-state index contributed by atoms with van der Waals surface area (Å²) >= 11 is 12.0. The molecule has 0 saturated heterocycles. The largest absolute Gasteiger partial charge is 0.457 e. The summed E-state index contributed by atoms with van der Waals surface area (Å²) in [5, 5.41) is 10.3. The molecule has 7 heteroatoms. The summed E-state index contributed by atoms with van der Waals surface area (Å²) < 4.78 is 5.84. The first kappa shape index (κ1) is 20.9. The van der Waals surface area contributed by atoms with Gasteiger partial charge in [-0.25, -0.2) is 0 Å². The Balaban J connectivity index is 2.02. The standard InChI is InChI=1S/C22H18Cl2N2O3/c1-12(2)11-26-21(27)16(13(3)17(10-25)22(26)28)9-15-5-7-20(29-15)14-4-6-18(23)19(24)8-14/h4-9,12H,11H2,1-3H3/b16-9+. The molecule has 1 aliphatic heterocycles. The number of nitriles is 1. The highest BCUT2D eigenvalue weighted by Gasteiger charge is 2.35. The van der Waals surface area contributed by atoms with Gasteiger partial charge in [-0.05, 0) is 54.8 Å². The van der Waals surface area contributed by atoms with Crippen LogP contribution >= 0.6 is 23.2 Å². The van der Waals surface area contributed by atoms with Crippen LogP contribution in [0.5, 0.6) is 0 Å². The van der Waals surface area contributed by atoms with E-state index in [0.717, 1.165) is 10.5 Å². The van der Waals surface area contributed by atoms with Gasteiger partial charge in [-0.1, -0.05) is 37.0 Å². The molecule has 3 rings (SSSR count). The Hall–Kier alpha value is -2.81. The minimum atomic E-state index is -0.559. The van der Waals surface area contributed by atoms with Gasteiger partial charge in [0.1, 0.15) is 23.2 Å². The first-order valence-electron chi connectivity index (χ1n) is 8.97. The summed E-state index contributed by atoms with van der Waals surface area (Å²) in [4.78, 5) is 26.6. The Labute approximate surface area is 178 Å². The molecule has 0 bridgehead atoms. The number of furan rings is 1. The molecule has 0 spiro atoms. The SMILES string of the molecule is CC1=C(C#N)C(=O)N(CC(C)C)C(=O)/C1=C/c1ccc(-c2ccc(Cl)c(Cl)c2)o1. The normalized spacial score (nSPS) is 16.2. The van der Waals surface area contributed by atoms with Gasteiger partial charge in [-0.3, -0.25) is 14.5 Å². The molecule has 0 atom stereocenters. The van der Waals surface area contributed by atoms with Gasteiger partial charge >= 0.3 is 0 Å². The third-order valence-electron chi connectivity index (χ3n) is 4.49. The van der Waals surface area contributed by atoms with E-state index in [2.05, 4.69) is 0 Å². The van der Waals surface area contributed by atoms with Crippen LogP contribution in [0.2, 0.25) is 10.0 Å². The summed E-state index contributed by atoms with van der Waals surface area (Å²) in [6.45, 7) is 5.63. The van der Waals surface area contributed by atoms with Crippen molar-refractivity contribution in [3.8, 4) is 17.4 Å². The number of hydrogen-bond donors (Lipinski definition) is 0. The number of carbonyl (C=O) groups excluding carboxylic acids is 2. The van der Waals surface area contributed by atoms with Crippen molar-refractivity contribution < 1.29 is 14.0 Å². The lowest BCUT2D eigenvalue weighted by atomic mass is 9.94. The summed E-state index contributed by atoms with van der Waals surface area (Å²) in [5.74, 6) is 0.0534. The highest BCUT2D eigenvalue weighted by Crippen LogP contribution is 2.32. The highest BCUT2D eigenvalue weighted by atomic mass is 35.5. The van der Waals surface area contributed by atoms with Gasteiger partial charge in [0, 0.05) is 17.7 Å². The van der Waals surface area contributed by atoms with E-state index in [-0.39, 0.29) is 23.6 Å². The highest BCUT2D eigenvalue weighted by molar-refractivity contribution is 6.42. The van der Waals surface area contributed by atoms with Gasteiger partial charge < -0.3 is 4.42 Å². The van der Waals surface area contributed by atoms with E-state index in [9.17, 15) is 14.9 Å². The molecule has 148 valence electrons. The maximum absolute atomic E-state index is 12.9. The number of nitrogens with zero attached hydrogens (tertiary/aromatic N) is 2. The van der Waals surface area contributed by atoms with Gasteiger partial charge in [-0.2, -0.15) is 5.26 Å². The number of hydrogen-bond acceptors (Lipinski definition) is 4. The molecule has 2 heterocycles. The lowest BCUT2D eigenvalue weighted by Crippen LogP contribution is -2.44. The quantitative estimate of drug-likeness (QED) is 0.475. The topological polar surface area (TPSA) is 74.3 Å². The second-order valence-corrected chi connectivity index (χ2v) is 7.93. The van der Waals surface area contributed by atoms with Crippen molar-refractivity contribution in [3.05, 3.63) is 62.9 Å². The van der Waals surface area contributed by atoms with Gasteiger partial charge in [0.05, 0.1) is 10.0 Å². The minimum absolute atomic E-state index is 0.0345. The Morgan fingerprint density at radius 2 is 1.86 bits per heavy atom. The van der Waals surface area contributed by atoms with Gasteiger partial charge in [0.2, 0.25) is 0 Å². The third-order valence-corrected chi connectivity index (χ3v) is 5.23. The monoisotopic (exact) mass is 428 g/mol. The smallest absolute Gasteiger partial charge is 0.271 e. The predicted molar refractivity (Wildman–Crippen MR) is 112 cm³/mol. The van der Waals surface area contributed by atoms with Crippen molar-refractivity contribution in [2.24, 2.45) is 5.92 Å². The molecule has 2 amide bonds. The Bertz CT molecular complexity index is 1100. The minimum Gasteiger partial charge on any atom is -0.457 e. The van der Waals surface area contributed by atoms with Crippen molar-refractivity contribution in [1.29, 1.82) is 5.26 Å². The van der Waals surface area contributed by atoms with E-state index in [1.54, 1.807) is 43.3 Å². The summed E-state index contributed by atoms with van der Waals surface area (Å²) in [5.41, 5.74) is 1.31. The van der Waals surface area contributed by atoms with Gasteiger partial charge in [-0.15, -0.1) is 0 Å². The van der Waals surface area contributed by atoms with Crippen LogP contribution in [0.4, 0.5) is 0 Å². The van der Waals surface area contributed by atoms with Crippen LogP contribution in [-0.2, 0) is 9.59 Å². The molecule has 1 aromatic carbocycles. The number of halogens is 2. The van der Waals surface area contributed by atoms with Crippen LogP contribution in [0.1, 0.15) is 26.5 Å².